The van der Waals surface area contributed by atoms with Gasteiger partial charge in [-0.25, -0.2) is 0 Å². The summed E-state index contributed by atoms with van der Waals surface area (Å²) < 4.78 is 5.46. The van der Waals surface area contributed by atoms with E-state index in [0.29, 0.717) is 19.0 Å². The van der Waals surface area contributed by atoms with Gasteiger partial charge in [-0.2, -0.15) is 5.26 Å². The van der Waals surface area contributed by atoms with E-state index >= 15 is 0 Å². The lowest BCUT2D eigenvalue weighted by molar-refractivity contribution is -0.143. The molecular weight excluding hydrogens is 643 g/mol. The molecule has 0 bridgehead atoms. The van der Waals surface area contributed by atoms with Crippen LogP contribution in [0.2, 0.25) is 0 Å². The van der Waals surface area contributed by atoms with Crippen LogP contribution in [0.1, 0.15) is 220 Å². The quantitative estimate of drug-likeness (QED) is 0.0169. The van der Waals surface area contributed by atoms with Crippen LogP contribution in [0.15, 0.2) is 4.99 Å². The van der Waals surface area contributed by atoms with E-state index in [1.165, 1.54) is 173 Å². The number of nitrogens with one attached hydrogen (secondary N) is 1. The summed E-state index contributed by atoms with van der Waals surface area (Å²) in [5.41, 5.74) is 0. The highest BCUT2D eigenvalue weighted by Gasteiger charge is 2.10. The fraction of sp³-hybridized carbons (Fsp3) is 0.933. The van der Waals surface area contributed by atoms with Crippen LogP contribution in [0.3, 0.4) is 0 Å². The smallest absolute Gasteiger partial charge is 0.305 e. The van der Waals surface area contributed by atoms with Gasteiger partial charge < -0.3 is 14.5 Å². The topological polar surface area (TPSA) is 81.0 Å². The fourth-order valence-corrected chi connectivity index (χ4v) is 7.24. The van der Waals surface area contributed by atoms with Crippen molar-refractivity contribution in [2.24, 2.45) is 10.9 Å². The summed E-state index contributed by atoms with van der Waals surface area (Å²) >= 11 is 0. The van der Waals surface area contributed by atoms with Crippen LogP contribution in [0.5, 0.6) is 0 Å². The Balaban J connectivity index is 4.42. The number of nitriles is 1. The van der Waals surface area contributed by atoms with Gasteiger partial charge in [0.1, 0.15) is 0 Å². The first-order valence-corrected chi connectivity index (χ1v) is 22.7. The minimum atomic E-state index is -0.0118. The number of esters is 1. The van der Waals surface area contributed by atoms with Gasteiger partial charge in [0.25, 0.3) is 0 Å². The Kier molecular flexibility index (Phi) is 39.0. The Morgan fingerprint density at radius 1 is 0.596 bits per heavy atom. The monoisotopic (exact) mass is 732 g/mol. The molecule has 0 amide bonds. The van der Waals surface area contributed by atoms with Crippen LogP contribution in [0.25, 0.3) is 0 Å². The second kappa shape index (κ2) is 40.4. The minimum Gasteiger partial charge on any atom is -0.466 e. The van der Waals surface area contributed by atoms with Crippen molar-refractivity contribution in [3.8, 4) is 6.19 Å². The first kappa shape index (κ1) is 50.2. The predicted octanol–water partition coefficient (Wildman–Crippen LogP) is 12.6. The van der Waals surface area contributed by atoms with Gasteiger partial charge in [0.05, 0.1) is 6.61 Å². The summed E-state index contributed by atoms with van der Waals surface area (Å²) in [4.78, 5) is 21.2. The molecule has 0 aromatic heterocycles. The zero-order valence-corrected chi connectivity index (χ0v) is 35.6. The molecule has 7 heteroatoms. The average molecular weight is 732 g/mol. The molecule has 0 aromatic carbocycles. The zero-order valence-electron chi connectivity index (χ0n) is 35.6. The van der Waals surface area contributed by atoms with E-state index in [-0.39, 0.29) is 5.97 Å². The maximum absolute atomic E-state index is 12.1. The molecular formula is C45H89N5O2. The summed E-state index contributed by atoms with van der Waals surface area (Å²) in [7, 11) is 3.83. The highest BCUT2D eigenvalue weighted by atomic mass is 16.5. The van der Waals surface area contributed by atoms with Crippen molar-refractivity contribution in [1.29, 1.82) is 5.26 Å². The molecule has 0 aliphatic rings. The molecule has 0 saturated carbocycles. The zero-order chi connectivity index (χ0) is 38.2. The Morgan fingerprint density at radius 3 is 1.52 bits per heavy atom. The van der Waals surface area contributed by atoms with Crippen molar-refractivity contribution in [3.63, 3.8) is 0 Å². The van der Waals surface area contributed by atoms with Crippen LogP contribution >= 0.6 is 0 Å². The number of unbranched alkanes of at least 4 members (excludes halogenated alkanes) is 21. The normalized spacial score (nSPS) is 12.3. The number of carbonyl (C=O) groups is 1. The summed E-state index contributed by atoms with van der Waals surface area (Å²) in [5, 5.41) is 11.7. The molecule has 0 aliphatic heterocycles. The summed E-state index contributed by atoms with van der Waals surface area (Å²) in [5.74, 6) is 1.58. The summed E-state index contributed by atoms with van der Waals surface area (Å²) in [6, 6.07) is 0. The number of ether oxygens (including phenoxy) is 1. The molecule has 0 aromatic rings. The number of hydrogen-bond acceptors (Lipinski definition) is 5. The number of nitrogens with zero attached hydrogens (tertiary/aromatic N) is 4. The standard InChI is InChI=1S/C45H89N5O2/c1-6-9-12-15-16-24-31-41-52-44(51)36-28-21-18-23-30-39-50(40-32-37-47-45(48-42-46)49(4)5)38-29-22-17-20-27-35-43(33-25-14-11-8-3)34-26-19-13-10-7-2/h43H,6-41H2,1-5H3,(H,47,48). The van der Waals surface area contributed by atoms with Gasteiger partial charge in [-0.15, -0.1) is 0 Å². The van der Waals surface area contributed by atoms with Gasteiger partial charge >= 0.3 is 5.97 Å². The fourth-order valence-electron chi connectivity index (χ4n) is 7.24. The lowest BCUT2D eigenvalue weighted by Crippen LogP contribution is -2.34. The molecule has 52 heavy (non-hydrogen) atoms. The van der Waals surface area contributed by atoms with Crippen molar-refractivity contribution in [2.75, 3.05) is 46.9 Å². The molecule has 0 aliphatic carbocycles. The second-order valence-electron chi connectivity index (χ2n) is 15.9. The lowest BCUT2D eigenvalue weighted by Gasteiger charge is -2.22. The predicted molar refractivity (Wildman–Crippen MR) is 226 cm³/mol. The maximum atomic E-state index is 12.1. The molecule has 1 unspecified atom stereocenters. The van der Waals surface area contributed by atoms with E-state index < -0.39 is 0 Å². The summed E-state index contributed by atoms with van der Waals surface area (Å²) in [6.07, 6.45) is 41.8. The molecule has 1 N–H and O–H groups in total. The molecule has 0 rings (SSSR count). The molecule has 0 radical (unpaired) electrons. The third-order valence-electron chi connectivity index (χ3n) is 10.6. The van der Waals surface area contributed by atoms with Crippen molar-refractivity contribution in [3.05, 3.63) is 0 Å². The van der Waals surface area contributed by atoms with Gasteiger partial charge in [-0.05, 0) is 57.7 Å². The molecule has 0 fully saturated rings. The Morgan fingerprint density at radius 2 is 1.02 bits per heavy atom. The van der Waals surface area contributed by atoms with E-state index in [9.17, 15) is 4.79 Å². The van der Waals surface area contributed by atoms with Gasteiger partial charge in [-0.1, -0.05) is 181 Å². The number of hydrogen-bond donors (Lipinski definition) is 1. The van der Waals surface area contributed by atoms with Crippen molar-refractivity contribution >= 4 is 11.9 Å². The van der Waals surface area contributed by atoms with E-state index in [1.54, 1.807) is 0 Å². The first-order chi connectivity index (χ1) is 25.5. The largest absolute Gasteiger partial charge is 0.466 e. The molecule has 306 valence electrons. The van der Waals surface area contributed by atoms with Crippen LogP contribution < -0.4 is 5.32 Å². The third-order valence-corrected chi connectivity index (χ3v) is 10.6. The lowest BCUT2D eigenvalue weighted by atomic mass is 9.89. The van der Waals surface area contributed by atoms with Gasteiger partial charge in [0.2, 0.25) is 5.96 Å². The van der Waals surface area contributed by atoms with Gasteiger partial charge in [0, 0.05) is 27.1 Å². The average Bonchev–Trinajstić information content (AvgIpc) is 3.13. The molecule has 0 heterocycles. The SMILES string of the molecule is CCCCCCCCCOC(=O)CCCCCCCN(CCCCCCCC(CCCCCC)CCCCCCC)CCCN=C(NC#N)N(C)C. The molecule has 0 spiro atoms. The first-order valence-electron chi connectivity index (χ1n) is 22.7. The Hall–Kier alpha value is -1.81. The number of guanidine groups is 1. The van der Waals surface area contributed by atoms with E-state index in [2.05, 4.69) is 36.0 Å². The summed E-state index contributed by atoms with van der Waals surface area (Å²) in [6.45, 7) is 11.6. The highest BCUT2D eigenvalue weighted by molar-refractivity contribution is 5.80. The van der Waals surface area contributed by atoms with Crippen molar-refractivity contribution < 1.29 is 9.53 Å². The highest BCUT2D eigenvalue weighted by Crippen LogP contribution is 2.24. The molecule has 7 nitrogen and oxygen atoms in total. The third kappa shape index (κ3) is 35.2. The van der Waals surface area contributed by atoms with Gasteiger partial charge in [-0.3, -0.25) is 15.1 Å². The second-order valence-corrected chi connectivity index (χ2v) is 15.9. The van der Waals surface area contributed by atoms with E-state index in [4.69, 9.17) is 10.00 Å². The maximum Gasteiger partial charge on any atom is 0.305 e. The number of rotatable bonds is 39. The molecule has 0 saturated heterocycles. The van der Waals surface area contributed by atoms with E-state index in [1.807, 2.05) is 25.2 Å². The van der Waals surface area contributed by atoms with E-state index in [0.717, 1.165) is 51.2 Å². The molecule has 1 atom stereocenters. The number of carbonyl (C=O) groups excluding carboxylic acids is 1. The minimum absolute atomic E-state index is 0.0118. The van der Waals surface area contributed by atoms with Crippen LogP contribution in [-0.4, -0.2) is 68.6 Å². The van der Waals surface area contributed by atoms with Gasteiger partial charge in [0.15, 0.2) is 6.19 Å². The van der Waals surface area contributed by atoms with Crippen molar-refractivity contribution in [2.45, 2.75) is 220 Å². The number of aliphatic imine (C=N–C) groups is 1. The van der Waals surface area contributed by atoms with Crippen LogP contribution in [0.4, 0.5) is 0 Å². The van der Waals surface area contributed by atoms with Crippen molar-refractivity contribution in [1.82, 2.24) is 15.1 Å². The van der Waals surface area contributed by atoms with Crippen LogP contribution in [0, 0.1) is 17.4 Å². The Labute approximate surface area is 324 Å². The van der Waals surface area contributed by atoms with Crippen LogP contribution in [-0.2, 0) is 9.53 Å². The Bertz CT molecular complexity index is 827.